The van der Waals surface area contributed by atoms with Crippen LogP contribution in [-0.2, 0) is 4.79 Å². The van der Waals surface area contributed by atoms with Gasteiger partial charge >= 0.3 is 0 Å². The van der Waals surface area contributed by atoms with Gasteiger partial charge < -0.3 is 14.2 Å². The van der Waals surface area contributed by atoms with Crippen LogP contribution in [0.25, 0.3) is 0 Å². The predicted octanol–water partition coefficient (Wildman–Crippen LogP) is 4.81. The highest BCUT2D eigenvalue weighted by Crippen LogP contribution is 2.42. The first-order valence-electron chi connectivity index (χ1n) is 9.37. The molecule has 0 spiro atoms. The summed E-state index contributed by atoms with van der Waals surface area (Å²) >= 11 is 0. The molecular formula is C23H22N2O3. The number of rotatable bonds is 3. The maximum atomic E-state index is 13.1. The van der Waals surface area contributed by atoms with Crippen molar-refractivity contribution >= 4 is 23.2 Å². The summed E-state index contributed by atoms with van der Waals surface area (Å²) in [6, 6.07) is 19.0. The monoisotopic (exact) mass is 374 g/mol. The third-order valence-corrected chi connectivity index (χ3v) is 5.23. The lowest BCUT2D eigenvalue weighted by atomic mass is 9.89. The van der Waals surface area contributed by atoms with E-state index in [-0.39, 0.29) is 23.9 Å². The number of amides is 2. The molecule has 2 atom stereocenters. The van der Waals surface area contributed by atoms with Gasteiger partial charge in [0.2, 0.25) is 5.91 Å². The summed E-state index contributed by atoms with van der Waals surface area (Å²) in [5.74, 6) is -0.117. The fourth-order valence-corrected chi connectivity index (χ4v) is 4.03. The molecule has 0 bridgehead atoms. The molecule has 0 saturated carbocycles. The van der Waals surface area contributed by atoms with Crippen molar-refractivity contribution in [1.29, 1.82) is 0 Å². The van der Waals surface area contributed by atoms with E-state index in [2.05, 4.69) is 0 Å². The minimum Gasteiger partial charge on any atom is -0.472 e. The fourth-order valence-electron chi connectivity index (χ4n) is 4.03. The van der Waals surface area contributed by atoms with Gasteiger partial charge in [0.05, 0.1) is 17.9 Å². The summed E-state index contributed by atoms with van der Waals surface area (Å²) in [7, 11) is 0. The molecule has 1 aromatic heterocycles. The van der Waals surface area contributed by atoms with Crippen LogP contribution in [0.5, 0.6) is 0 Å². The summed E-state index contributed by atoms with van der Waals surface area (Å²) in [4.78, 5) is 29.3. The molecule has 0 aliphatic carbocycles. The lowest BCUT2D eigenvalue weighted by Gasteiger charge is -2.43. The van der Waals surface area contributed by atoms with Crippen molar-refractivity contribution in [2.45, 2.75) is 32.4 Å². The molecule has 0 radical (unpaired) electrons. The van der Waals surface area contributed by atoms with E-state index >= 15 is 0 Å². The van der Waals surface area contributed by atoms with Gasteiger partial charge in [-0.2, -0.15) is 0 Å². The second kappa shape index (κ2) is 7.35. The summed E-state index contributed by atoms with van der Waals surface area (Å²) in [6.07, 6.45) is 3.62. The van der Waals surface area contributed by atoms with Crippen LogP contribution in [0.3, 0.4) is 0 Å². The van der Waals surface area contributed by atoms with Gasteiger partial charge in [0.15, 0.2) is 0 Å². The van der Waals surface area contributed by atoms with Gasteiger partial charge in [0.25, 0.3) is 5.91 Å². The first-order chi connectivity index (χ1) is 13.6. The van der Waals surface area contributed by atoms with Crippen molar-refractivity contribution in [3.8, 4) is 0 Å². The van der Waals surface area contributed by atoms with Crippen LogP contribution in [-0.4, -0.2) is 17.9 Å². The standard InChI is InChI=1S/C23H22N2O3/c1-16-14-22(25(17(2)26)19-8-4-3-5-9-19)20-10-6-7-11-21(20)24(16)23(27)18-12-13-28-15-18/h3-13,15-16,22H,14H2,1-2H3/t16-,22+/m1/s1. The molecule has 2 aromatic carbocycles. The van der Waals surface area contributed by atoms with Gasteiger partial charge in [-0.05, 0) is 43.2 Å². The van der Waals surface area contributed by atoms with Gasteiger partial charge in [-0.15, -0.1) is 0 Å². The van der Waals surface area contributed by atoms with E-state index in [4.69, 9.17) is 4.42 Å². The van der Waals surface area contributed by atoms with Crippen molar-refractivity contribution in [3.05, 3.63) is 84.3 Å². The number of hydrogen-bond donors (Lipinski definition) is 0. The third-order valence-electron chi connectivity index (χ3n) is 5.23. The SMILES string of the molecule is CC(=O)N(c1ccccc1)[C@H]1C[C@@H](C)N(C(=O)c2ccoc2)c2ccccc21. The lowest BCUT2D eigenvalue weighted by molar-refractivity contribution is -0.117. The van der Waals surface area contributed by atoms with Crippen molar-refractivity contribution in [2.75, 3.05) is 9.80 Å². The van der Waals surface area contributed by atoms with Crippen LogP contribution >= 0.6 is 0 Å². The zero-order chi connectivity index (χ0) is 19.7. The molecule has 1 aliphatic heterocycles. The summed E-state index contributed by atoms with van der Waals surface area (Å²) < 4.78 is 5.10. The molecule has 0 fully saturated rings. The Morgan fingerprint density at radius 3 is 2.43 bits per heavy atom. The van der Waals surface area contributed by atoms with E-state index in [0.717, 1.165) is 16.9 Å². The Kier molecular flexibility index (Phi) is 4.74. The minimum atomic E-state index is -0.139. The molecule has 5 nitrogen and oxygen atoms in total. The molecule has 0 unspecified atom stereocenters. The fraction of sp³-hybridized carbons (Fsp3) is 0.217. The van der Waals surface area contributed by atoms with E-state index in [9.17, 15) is 9.59 Å². The molecule has 0 saturated heterocycles. The Hall–Kier alpha value is -3.34. The maximum Gasteiger partial charge on any atom is 0.261 e. The molecule has 4 rings (SSSR count). The smallest absolute Gasteiger partial charge is 0.261 e. The average Bonchev–Trinajstić information content (AvgIpc) is 3.23. The average molecular weight is 374 g/mol. The van der Waals surface area contributed by atoms with Crippen molar-refractivity contribution in [2.24, 2.45) is 0 Å². The Balaban J connectivity index is 1.79. The van der Waals surface area contributed by atoms with E-state index in [1.54, 1.807) is 17.9 Å². The first-order valence-corrected chi connectivity index (χ1v) is 9.37. The molecule has 2 amide bonds. The van der Waals surface area contributed by atoms with Crippen LogP contribution in [0, 0.1) is 0 Å². The molecular weight excluding hydrogens is 352 g/mol. The quantitative estimate of drug-likeness (QED) is 0.661. The van der Waals surface area contributed by atoms with Crippen LogP contribution in [0.1, 0.15) is 42.2 Å². The normalized spacial score (nSPS) is 18.4. The molecule has 1 aliphatic rings. The molecule has 2 heterocycles. The van der Waals surface area contributed by atoms with Crippen LogP contribution in [0.4, 0.5) is 11.4 Å². The van der Waals surface area contributed by atoms with Crippen LogP contribution < -0.4 is 9.80 Å². The minimum absolute atomic E-state index is 0.0205. The third kappa shape index (κ3) is 3.09. The number of benzene rings is 2. The predicted molar refractivity (Wildman–Crippen MR) is 108 cm³/mol. The Morgan fingerprint density at radius 1 is 1.04 bits per heavy atom. The van der Waals surface area contributed by atoms with Gasteiger partial charge in [-0.1, -0.05) is 36.4 Å². The number of para-hydroxylation sites is 2. The highest BCUT2D eigenvalue weighted by atomic mass is 16.3. The van der Waals surface area contributed by atoms with Crippen molar-refractivity contribution in [1.82, 2.24) is 0 Å². The number of nitrogens with zero attached hydrogens (tertiary/aromatic N) is 2. The Labute approximate surface area is 164 Å². The second-order valence-electron chi connectivity index (χ2n) is 7.07. The molecule has 3 aromatic rings. The largest absolute Gasteiger partial charge is 0.472 e. The lowest BCUT2D eigenvalue weighted by Crippen LogP contribution is -2.47. The van der Waals surface area contributed by atoms with Gasteiger partial charge in [0.1, 0.15) is 6.26 Å². The number of carbonyl (C=O) groups is 2. The van der Waals surface area contributed by atoms with Crippen LogP contribution in [0.2, 0.25) is 0 Å². The van der Waals surface area contributed by atoms with E-state index in [1.807, 2.05) is 66.4 Å². The second-order valence-corrected chi connectivity index (χ2v) is 7.07. The van der Waals surface area contributed by atoms with Gasteiger partial charge in [-0.25, -0.2) is 0 Å². The van der Waals surface area contributed by atoms with Crippen molar-refractivity contribution in [3.63, 3.8) is 0 Å². The van der Waals surface area contributed by atoms with Gasteiger partial charge in [0, 0.05) is 24.3 Å². The molecule has 5 heteroatoms. The zero-order valence-electron chi connectivity index (χ0n) is 15.9. The molecule has 0 N–H and O–H groups in total. The summed E-state index contributed by atoms with van der Waals surface area (Å²) in [5, 5.41) is 0. The van der Waals surface area contributed by atoms with Gasteiger partial charge in [-0.3, -0.25) is 9.59 Å². The molecule has 142 valence electrons. The number of fused-ring (bicyclic) bond motifs is 1. The number of hydrogen-bond acceptors (Lipinski definition) is 3. The number of anilines is 2. The molecule has 28 heavy (non-hydrogen) atoms. The van der Waals surface area contributed by atoms with Crippen LogP contribution in [0.15, 0.2) is 77.6 Å². The van der Waals surface area contributed by atoms with E-state index < -0.39 is 0 Å². The van der Waals surface area contributed by atoms with Crippen molar-refractivity contribution < 1.29 is 14.0 Å². The Morgan fingerprint density at radius 2 is 1.75 bits per heavy atom. The van der Waals surface area contributed by atoms with E-state index in [1.165, 1.54) is 12.5 Å². The first kappa shape index (κ1) is 18.0. The highest BCUT2D eigenvalue weighted by molar-refractivity contribution is 6.07. The summed E-state index contributed by atoms with van der Waals surface area (Å²) in [6.45, 7) is 3.60. The Bertz CT molecular complexity index is 982. The number of carbonyl (C=O) groups excluding carboxylic acids is 2. The summed E-state index contributed by atoms with van der Waals surface area (Å²) in [5.41, 5.74) is 3.18. The van der Waals surface area contributed by atoms with E-state index in [0.29, 0.717) is 12.0 Å². The topological polar surface area (TPSA) is 53.8 Å². The number of furan rings is 1. The zero-order valence-corrected chi connectivity index (χ0v) is 15.9. The maximum absolute atomic E-state index is 13.1. The highest BCUT2D eigenvalue weighted by Gasteiger charge is 2.38.